The first-order chi connectivity index (χ1) is 14.2. The Morgan fingerprint density at radius 3 is 2.17 bits per heavy atom. The largest absolute Gasteiger partial charge is 0.342 e. The number of benzene rings is 2. The summed E-state index contributed by atoms with van der Waals surface area (Å²) in [5.74, 6) is 1.36. The molecule has 1 aromatic heterocycles. The number of nitrogens with zero attached hydrogens (tertiary/aromatic N) is 4. The molecule has 0 aliphatic heterocycles. The van der Waals surface area contributed by atoms with E-state index in [1.165, 1.54) is 17.3 Å². The minimum atomic E-state index is 0.161. The molecule has 1 amide bonds. The molecule has 3 rings (SSSR count). The second-order valence-electron chi connectivity index (χ2n) is 6.91. The fourth-order valence-electron chi connectivity index (χ4n) is 3.22. The Labute approximate surface area is 177 Å². The van der Waals surface area contributed by atoms with Gasteiger partial charge < -0.3 is 4.90 Å². The van der Waals surface area contributed by atoms with Crippen LogP contribution in [0.3, 0.4) is 0 Å². The summed E-state index contributed by atoms with van der Waals surface area (Å²) >= 11 is 1.47. The van der Waals surface area contributed by atoms with Crippen LogP contribution in [-0.2, 0) is 11.3 Å². The molecule has 0 radical (unpaired) electrons. The lowest BCUT2D eigenvalue weighted by Gasteiger charge is -2.21. The standard InChI is InChI=1S/C23H28N4OS/c1-3-15-26(16-4-2)21(28)18-29-23-25-24-22(20-13-9-6-10-14-20)27(23)17-19-11-7-5-8-12-19/h5-14H,3-4,15-18H2,1-2H3. The van der Waals surface area contributed by atoms with Crippen LogP contribution in [0.1, 0.15) is 32.3 Å². The van der Waals surface area contributed by atoms with Crippen molar-refractivity contribution >= 4 is 17.7 Å². The number of rotatable bonds is 10. The quantitative estimate of drug-likeness (QED) is 0.455. The van der Waals surface area contributed by atoms with Gasteiger partial charge in [-0.25, -0.2) is 0 Å². The Kier molecular flexibility index (Phi) is 7.87. The maximum Gasteiger partial charge on any atom is 0.233 e. The van der Waals surface area contributed by atoms with Crippen LogP contribution in [0.25, 0.3) is 11.4 Å². The first-order valence-electron chi connectivity index (χ1n) is 10.2. The van der Waals surface area contributed by atoms with Crippen molar-refractivity contribution in [2.45, 2.75) is 38.4 Å². The van der Waals surface area contributed by atoms with Crippen LogP contribution in [0.2, 0.25) is 0 Å². The van der Waals surface area contributed by atoms with Gasteiger partial charge in [-0.15, -0.1) is 10.2 Å². The lowest BCUT2D eigenvalue weighted by Crippen LogP contribution is -2.33. The number of carbonyl (C=O) groups is 1. The molecule has 152 valence electrons. The molecule has 5 nitrogen and oxygen atoms in total. The van der Waals surface area contributed by atoms with Crippen molar-refractivity contribution in [2.24, 2.45) is 0 Å². The van der Waals surface area contributed by atoms with Gasteiger partial charge in [-0.1, -0.05) is 86.3 Å². The van der Waals surface area contributed by atoms with Crippen molar-refractivity contribution in [1.29, 1.82) is 0 Å². The zero-order valence-electron chi connectivity index (χ0n) is 17.1. The van der Waals surface area contributed by atoms with Crippen molar-refractivity contribution < 1.29 is 4.79 Å². The number of aromatic nitrogens is 3. The van der Waals surface area contributed by atoms with Crippen molar-refractivity contribution in [2.75, 3.05) is 18.8 Å². The minimum absolute atomic E-state index is 0.161. The third kappa shape index (κ3) is 5.70. The second kappa shape index (κ2) is 10.8. The molecule has 2 aromatic carbocycles. The van der Waals surface area contributed by atoms with Crippen LogP contribution in [0.4, 0.5) is 0 Å². The Morgan fingerprint density at radius 1 is 0.931 bits per heavy atom. The van der Waals surface area contributed by atoms with Gasteiger partial charge in [0.15, 0.2) is 11.0 Å². The van der Waals surface area contributed by atoms with Gasteiger partial charge in [-0.05, 0) is 18.4 Å². The molecule has 0 atom stereocenters. The third-order valence-electron chi connectivity index (χ3n) is 4.60. The van der Waals surface area contributed by atoms with Gasteiger partial charge >= 0.3 is 0 Å². The van der Waals surface area contributed by atoms with E-state index in [0.717, 1.165) is 42.5 Å². The average molecular weight is 409 g/mol. The van der Waals surface area contributed by atoms with Gasteiger partial charge in [0.2, 0.25) is 5.91 Å². The van der Waals surface area contributed by atoms with Gasteiger partial charge in [0, 0.05) is 18.7 Å². The normalized spacial score (nSPS) is 10.8. The average Bonchev–Trinajstić information content (AvgIpc) is 3.15. The molecule has 0 N–H and O–H groups in total. The Balaban J connectivity index is 1.82. The Hall–Kier alpha value is -2.60. The highest BCUT2D eigenvalue weighted by Crippen LogP contribution is 2.25. The second-order valence-corrected chi connectivity index (χ2v) is 7.86. The van der Waals surface area contributed by atoms with Crippen LogP contribution in [0.5, 0.6) is 0 Å². The predicted octanol–water partition coefficient (Wildman–Crippen LogP) is 4.73. The van der Waals surface area contributed by atoms with E-state index in [9.17, 15) is 4.79 Å². The van der Waals surface area contributed by atoms with Gasteiger partial charge in [0.05, 0.1) is 12.3 Å². The fraction of sp³-hybridized carbons (Fsp3) is 0.348. The summed E-state index contributed by atoms with van der Waals surface area (Å²) in [6.45, 7) is 6.48. The number of thioether (sulfide) groups is 1. The van der Waals surface area contributed by atoms with Crippen molar-refractivity contribution in [3.8, 4) is 11.4 Å². The van der Waals surface area contributed by atoms with E-state index in [-0.39, 0.29) is 5.91 Å². The van der Waals surface area contributed by atoms with E-state index < -0.39 is 0 Å². The van der Waals surface area contributed by atoms with E-state index in [0.29, 0.717) is 12.3 Å². The molecular weight excluding hydrogens is 380 g/mol. The molecule has 0 aliphatic rings. The van der Waals surface area contributed by atoms with E-state index in [1.807, 2.05) is 53.4 Å². The number of amides is 1. The number of hydrogen-bond acceptors (Lipinski definition) is 4. The van der Waals surface area contributed by atoms with E-state index in [2.05, 4.69) is 40.7 Å². The molecule has 0 unspecified atom stereocenters. The maximum absolute atomic E-state index is 12.7. The maximum atomic E-state index is 12.7. The van der Waals surface area contributed by atoms with Crippen molar-refractivity contribution in [3.05, 3.63) is 66.2 Å². The van der Waals surface area contributed by atoms with Crippen molar-refractivity contribution in [3.63, 3.8) is 0 Å². The van der Waals surface area contributed by atoms with Gasteiger partial charge in [0.1, 0.15) is 0 Å². The van der Waals surface area contributed by atoms with Crippen LogP contribution >= 0.6 is 11.8 Å². The van der Waals surface area contributed by atoms with Gasteiger partial charge in [0.25, 0.3) is 0 Å². The summed E-state index contributed by atoms with van der Waals surface area (Å²) in [5.41, 5.74) is 2.20. The molecule has 6 heteroatoms. The lowest BCUT2D eigenvalue weighted by atomic mass is 10.2. The highest BCUT2D eigenvalue weighted by molar-refractivity contribution is 7.99. The van der Waals surface area contributed by atoms with Crippen LogP contribution in [0, 0.1) is 0 Å². The summed E-state index contributed by atoms with van der Waals surface area (Å²) in [7, 11) is 0. The van der Waals surface area contributed by atoms with Crippen molar-refractivity contribution in [1.82, 2.24) is 19.7 Å². The summed E-state index contributed by atoms with van der Waals surface area (Å²) in [4.78, 5) is 14.6. The molecule has 0 saturated carbocycles. The Morgan fingerprint density at radius 2 is 1.55 bits per heavy atom. The van der Waals surface area contributed by atoms with Gasteiger partial charge in [-0.3, -0.25) is 9.36 Å². The Bertz CT molecular complexity index is 890. The molecule has 0 spiro atoms. The number of hydrogen-bond donors (Lipinski definition) is 0. The fourth-order valence-corrected chi connectivity index (χ4v) is 4.06. The molecule has 0 aliphatic carbocycles. The van der Waals surface area contributed by atoms with E-state index in [1.54, 1.807) is 0 Å². The van der Waals surface area contributed by atoms with Crippen LogP contribution in [-0.4, -0.2) is 44.4 Å². The molecule has 0 saturated heterocycles. The topological polar surface area (TPSA) is 51.0 Å². The SMILES string of the molecule is CCCN(CCC)C(=O)CSc1nnc(-c2ccccc2)n1Cc1ccccc1. The van der Waals surface area contributed by atoms with E-state index >= 15 is 0 Å². The molecule has 1 heterocycles. The van der Waals surface area contributed by atoms with Crippen LogP contribution in [0.15, 0.2) is 65.8 Å². The highest BCUT2D eigenvalue weighted by atomic mass is 32.2. The summed E-state index contributed by atoms with van der Waals surface area (Å²) in [6.07, 6.45) is 1.94. The summed E-state index contributed by atoms with van der Waals surface area (Å²) in [6, 6.07) is 20.3. The predicted molar refractivity (Wildman–Crippen MR) is 119 cm³/mol. The molecular formula is C23H28N4OS. The monoisotopic (exact) mass is 408 g/mol. The summed E-state index contributed by atoms with van der Waals surface area (Å²) in [5, 5.41) is 9.63. The molecule has 0 bridgehead atoms. The molecule has 29 heavy (non-hydrogen) atoms. The zero-order valence-corrected chi connectivity index (χ0v) is 17.9. The first-order valence-corrected chi connectivity index (χ1v) is 11.1. The first kappa shape index (κ1) is 21.1. The third-order valence-corrected chi connectivity index (χ3v) is 5.55. The highest BCUT2D eigenvalue weighted by Gasteiger charge is 2.18. The molecule has 0 fully saturated rings. The van der Waals surface area contributed by atoms with Gasteiger partial charge in [-0.2, -0.15) is 0 Å². The zero-order chi connectivity index (χ0) is 20.5. The minimum Gasteiger partial charge on any atom is -0.342 e. The summed E-state index contributed by atoms with van der Waals surface area (Å²) < 4.78 is 2.10. The lowest BCUT2D eigenvalue weighted by molar-refractivity contribution is -0.128. The van der Waals surface area contributed by atoms with Crippen LogP contribution < -0.4 is 0 Å². The smallest absolute Gasteiger partial charge is 0.233 e. The molecule has 3 aromatic rings. The number of carbonyl (C=O) groups excluding carboxylic acids is 1. The van der Waals surface area contributed by atoms with E-state index in [4.69, 9.17) is 0 Å².